The monoisotopic (exact) mass is 462 g/mol. The van der Waals surface area contributed by atoms with E-state index in [9.17, 15) is 4.79 Å². The number of piperazine rings is 1. The molecule has 0 saturated carbocycles. The maximum atomic E-state index is 10.8. The van der Waals surface area contributed by atoms with Gasteiger partial charge in [0.15, 0.2) is 0 Å². The fourth-order valence-corrected chi connectivity index (χ4v) is 3.94. The number of nitrogens with zero attached hydrogens (tertiary/aromatic N) is 3. The van der Waals surface area contributed by atoms with Crippen molar-refractivity contribution in [2.75, 3.05) is 42.9 Å². The number of halogens is 2. The third kappa shape index (κ3) is 6.23. The van der Waals surface area contributed by atoms with Gasteiger partial charge in [-0.3, -0.25) is 15.2 Å². The number of aryl methyl sites for hydroxylation is 1. The van der Waals surface area contributed by atoms with Crippen molar-refractivity contribution in [1.29, 1.82) is 0 Å². The van der Waals surface area contributed by atoms with E-state index in [4.69, 9.17) is 5.11 Å². The Morgan fingerprint density at radius 2 is 1.77 bits per heavy atom. The van der Waals surface area contributed by atoms with Gasteiger partial charge in [-0.05, 0) is 55.3 Å². The van der Waals surface area contributed by atoms with E-state index >= 15 is 0 Å². The molecule has 0 radical (unpaired) electrons. The molecule has 1 amide bonds. The van der Waals surface area contributed by atoms with Crippen molar-refractivity contribution < 1.29 is 9.90 Å². The number of hydrogen-bond acceptors (Lipinski definition) is 4. The molecule has 0 atom stereocenters. The van der Waals surface area contributed by atoms with Gasteiger partial charge >= 0.3 is 6.09 Å². The molecule has 1 aromatic heterocycles. The van der Waals surface area contributed by atoms with Crippen molar-refractivity contribution in [3.05, 3.63) is 65.9 Å². The molecule has 1 fully saturated rings. The van der Waals surface area contributed by atoms with E-state index in [-0.39, 0.29) is 24.8 Å². The molecule has 2 N–H and O–H groups in total. The highest BCUT2D eigenvalue weighted by Crippen LogP contribution is 2.27. The fraction of sp³-hybridized carbons (Fsp3) is 0.304. The summed E-state index contributed by atoms with van der Waals surface area (Å²) in [4.78, 5) is 20.4. The Morgan fingerprint density at radius 1 is 1.03 bits per heavy atom. The quantitative estimate of drug-likeness (QED) is 0.567. The Kier molecular flexibility index (Phi) is 8.92. The van der Waals surface area contributed by atoms with E-state index < -0.39 is 6.09 Å². The van der Waals surface area contributed by atoms with Gasteiger partial charge in [-0.2, -0.15) is 0 Å². The second-order valence-electron chi connectivity index (χ2n) is 7.51. The van der Waals surface area contributed by atoms with Crippen molar-refractivity contribution in [3.8, 4) is 0 Å². The van der Waals surface area contributed by atoms with Crippen LogP contribution in [0.2, 0.25) is 0 Å². The molecule has 6 nitrogen and oxygen atoms in total. The van der Waals surface area contributed by atoms with Gasteiger partial charge in [0, 0.05) is 55.2 Å². The Morgan fingerprint density at radius 3 is 2.52 bits per heavy atom. The zero-order valence-electron chi connectivity index (χ0n) is 17.5. The summed E-state index contributed by atoms with van der Waals surface area (Å²) in [6, 6.07) is 18.3. The number of fused-ring (bicyclic) bond motifs is 1. The summed E-state index contributed by atoms with van der Waals surface area (Å²) in [5, 5.41) is 12.5. The smallest absolute Gasteiger partial charge is 0.409 e. The van der Waals surface area contributed by atoms with Gasteiger partial charge in [0.1, 0.15) is 0 Å². The molecule has 166 valence electrons. The van der Waals surface area contributed by atoms with Crippen LogP contribution >= 0.6 is 24.8 Å². The predicted octanol–water partition coefficient (Wildman–Crippen LogP) is 4.84. The van der Waals surface area contributed by atoms with E-state index in [1.54, 1.807) is 6.07 Å². The van der Waals surface area contributed by atoms with Crippen LogP contribution in [0.15, 0.2) is 54.6 Å². The fourth-order valence-electron chi connectivity index (χ4n) is 3.94. The van der Waals surface area contributed by atoms with Gasteiger partial charge in [0.2, 0.25) is 0 Å². The van der Waals surface area contributed by atoms with Crippen molar-refractivity contribution in [2.24, 2.45) is 0 Å². The average molecular weight is 463 g/mol. The zero-order chi connectivity index (χ0) is 20.2. The number of pyridine rings is 1. The third-order valence-electron chi connectivity index (χ3n) is 5.46. The number of carbonyl (C=O) groups is 1. The first-order valence-corrected chi connectivity index (χ1v) is 10.0. The standard InChI is InChI=1S/C23H26N4O2.2ClH/c1-17-8-9-20-21(24-17)6-3-7-22(20)27-14-12-26(13-15-27)11-10-18-4-2-5-19(16-18)25-23(28)29;;/h2-9,16,25H,10-15H2,1H3,(H,28,29);2*1H. The maximum Gasteiger partial charge on any atom is 0.409 e. The number of anilines is 2. The van der Waals surface area contributed by atoms with Crippen LogP contribution in [0.4, 0.5) is 16.2 Å². The van der Waals surface area contributed by atoms with E-state index in [0.717, 1.165) is 55.9 Å². The molecule has 1 aliphatic heterocycles. The molecule has 8 heteroatoms. The second-order valence-corrected chi connectivity index (χ2v) is 7.51. The van der Waals surface area contributed by atoms with E-state index in [1.165, 1.54) is 11.1 Å². The van der Waals surface area contributed by atoms with Gasteiger partial charge < -0.3 is 10.0 Å². The number of benzene rings is 2. The summed E-state index contributed by atoms with van der Waals surface area (Å²) >= 11 is 0. The van der Waals surface area contributed by atoms with Gasteiger partial charge in [0.25, 0.3) is 0 Å². The minimum absolute atomic E-state index is 0. The summed E-state index contributed by atoms with van der Waals surface area (Å²) < 4.78 is 0. The van der Waals surface area contributed by atoms with Gasteiger partial charge in [-0.15, -0.1) is 24.8 Å². The largest absolute Gasteiger partial charge is 0.465 e. The lowest BCUT2D eigenvalue weighted by Gasteiger charge is -2.36. The van der Waals surface area contributed by atoms with Crippen molar-refractivity contribution >= 4 is 53.2 Å². The summed E-state index contributed by atoms with van der Waals surface area (Å²) in [5.41, 5.74) is 5.14. The molecule has 2 heterocycles. The maximum absolute atomic E-state index is 10.8. The molecule has 4 rings (SSSR count). The van der Waals surface area contributed by atoms with Crippen LogP contribution in [0.5, 0.6) is 0 Å². The predicted molar refractivity (Wildman–Crippen MR) is 131 cm³/mol. The van der Waals surface area contributed by atoms with E-state index in [1.807, 2.05) is 25.1 Å². The molecule has 0 unspecified atom stereocenters. The highest BCUT2D eigenvalue weighted by atomic mass is 35.5. The van der Waals surface area contributed by atoms with Crippen molar-refractivity contribution in [1.82, 2.24) is 9.88 Å². The summed E-state index contributed by atoms with van der Waals surface area (Å²) in [7, 11) is 0. The molecule has 1 aliphatic rings. The molecule has 0 spiro atoms. The van der Waals surface area contributed by atoms with Crippen LogP contribution < -0.4 is 10.2 Å². The molecule has 2 aromatic carbocycles. The lowest BCUT2D eigenvalue weighted by molar-refractivity contribution is 0.209. The first-order chi connectivity index (χ1) is 14.1. The molecule has 0 bridgehead atoms. The first kappa shape index (κ1) is 24.7. The van der Waals surface area contributed by atoms with Crippen LogP contribution in [0.3, 0.4) is 0 Å². The molecule has 3 aromatic rings. The molecule has 1 saturated heterocycles. The summed E-state index contributed by atoms with van der Waals surface area (Å²) in [6.07, 6.45) is -0.121. The normalized spacial score (nSPS) is 13.9. The molecule has 0 aliphatic carbocycles. The highest BCUT2D eigenvalue weighted by Gasteiger charge is 2.18. The number of aromatic nitrogens is 1. The van der Waals surface area contributed by atoms with Gasteiger partial charge in [0.05, 0.1) is 5.52 Å². The zero-order valence-corrected chi connectivity index (χ0v) is 19.1. The van der Waals surface area contributed by atoms with Crippen molar-refractivity contribution in [2.45, 2.75) is 13.3 Å². The van der Waals surface area contributed by atoms with Crippen LogP contribution in [0.25, 0.3) is 10.9 Å². The molecular weight excluding hydrogens is 435 g/mol. The number of nitrogens with one attached hydrogen (secondary N) is 1. The number of hydrogen-bond donors (Lipinski definition) is 2. The minimum Gasteiger partial charge on any atom is -0.465 e. The number of carboxylic acid groups (broad SMARTS) is 1. The number of amides is 1. The molecular formula is C23H28Cl2N4O2. The first-order valence-electron chi connectivity index (χ1n) is 10.0. The molecule has 31 heavy (non-hydrogen) atoms. The Hall–Kier alpha value is -2.54. The van der Waals surface area contributed by atoms with Crippen LogP contribution in [-0.2, 0) is 6.42 Å². The minimum atomic E-state index is -1.03. The summed E-state index contributed by atoms with van der Waals surface area (Å²) in [6.45, 7) is 7.02. The SMILES string of the molecule is Cc1ccc2c(N3CCN(CCc4cccc(NC(=O)O)c4)CC3)cccc2n1.Cl.Cl. The summed E-state index contributed by atoms with van der Waals surface area (Å²) in [5.74, 6) is 0. The Bertz CT molecular complexity index is 1020. The van der Waals surface area contributed by atoms with Crippen molar-refractivity contribution in [3.63, 3.8) is 0 Å². The highest BCUT2D eigenvalue weighted by molar-refractivity contribution is 5.92. The lowest BCUT2D eigenvalue weighted by Crippen LogP contribution is -2.47. The van der Waals surface area contributed by atoms with E-state index in [2.05, 4.69) is 50.4 Å². The second kappa shape index (κ2) is 11.2. The Labute approximate surface area is 195 Å². The number of rotatable bonds is 5. The topological polar surface area (TPSA) is 68.7 Å². The average Bonchev–Trinajstić information content (AvgIpc) is 2.72. The third-order valence-corrected chi connectivity index (χ3v) is 5.46. The van der Waals surface area contributed by atoms with Gasteiger partial charge in [-0.25, -0.2) is 4.79 Å². The lowest BCUT2D eigenvalue weighted by atomic mass is 10.1. The van der Waals surface area contributed by atoms with Gasteiger partial charge in [-0.1, -0.05) is 18.2 Å². The van der Waals surface area contributed by atoms with Crippen LogP contribution in [0, 0.1) is 6.92 Å². The van der Waals surface area contributed by atoms with E-state index in [0.29, 0.717) is 5.69 Å². The van der Waals surface area contributed by atoms with Crippen LogP contribution in [0.1, 0.15) is 11.3 Å². The van der Waals surface area contributed by atoms with Crippen LogP contribution in [-0.4, -0.2) is 53.8 Å². The Balaban J connectivity index is 0.00000171.